The van der Waals surface area contributed by atoms with E-state index in [0.717, 1.165) is 10.0 Å². The number of aliphatic carboxylic acids is 1. The van der Waals surface area contributed by atoms with E-state index in [0.29, 0.717) is 31.1 Å². The van der Waals surface area contributed by atoms with Crippen molar-refractivity contribution in [1.29, 1.82) is 0 Å². The second-order valence-electron chi connectivity index (χ2n) is 8.76. The Balaban J connectivity index is 1.55. The van der Waals surface area contributed by atoms with Gasteiger partial charge in [0.15, 0.2) is 18.1 Å². The molecule has 0 bridgehead atoms. The summed E-state index contributed by atoms with van der Waals surface area (Å²) < 4.78 is 25.4. The number of benzene rings is 2. The van der Waals surface area contributed by atoms with Crippen LogP contribution in [0.15, 0.2) is 46.9 Å². The average Bonchev–Trinajstić information content (AvgIpc) is 2.81. The van der Waals surface area contributed by atoms with Crippen LogP contribution in [0.5, 0.6) is 11.5 Å². The first-order valence-corrected chi connectivity index (χ1v) is 12.2. The van der Waals surface area contributed by atoms with E-state index < -0.39 is 12.0 Å². The molecular formula is C25H31BrFN3O5. The topological polar surface area (TPSA) is 105 Å². The van der Waals surface area contributed by atoms with Crippen LogP contribution in [-0.4, -0.2) is 71.2 Å². The van der Waals surface area contributed by atoms with Gasteiger partial charge in [-0.15, -0.1) is 0 Å². The first kappa shape index (κ1) is 26.9. The second-order valence-corrected chi connectivity index (χ2v) is 9.68. The number of nitrogens with two attached hydrogens (primary N) is 1. The standard InChI is InChI=1S/C25H31BrFN3O5/c1-16-13-30(17(2)12-29(16)14-18-3-6-20(27)7-4-18)24(31)15-35-22-8-5-19(26)11-23(22)34-10-9-21(28)25(32)33/h3-8,11,16-17,21H,9-10,12-15,28H2,1-2H3,(H,32,33). The lowest BCUT2D eigenvalue weighted by Gasteiger charge is -2.44. The minimum atomic E-state index is -1.09. The summed E-state index contributed by atoms with van der Waals surface area (Å²) >= 11 is 3.38. The van der Waals surface area contributed by atoms with Gasteiger partial charge in [0.1, 0.15) is 11.9 Å². The predicted molar refractivity (Wildman–Crippen MR) is 133 cm³/mol. The van der Waals surface area contributed by atoms with E-state index in [1.54, 1.807) is 30.3 Å². The molecule has 1 fully saturated rings. The quantitative estimate of drug-likeness (QED) is 0.466. The number of hydrogen-bond donors (Lipinski definition) is 2. The second kappa shape index (κ2) is 12.3. The van der Waals surface area contributed by atoms with Crippen LogP contribution in [0.25, 0.3) is 0 Å². The van der Waals surface area contributed by atoms with Crippen LogP contribution in [0.3, 0.4) is 0 Å². The molecule has 2 aromatic rings. The maximum absolute atomic E-state index is 13.2. The van der Waals surface area contributed by atoms with E-state index >= 15 is 0 Å². The summed E-state index contributed by atoms with van der Waals surface area (Å²) in [5.74, 6) is -0.691. The van der Waals surface area contributed by atoms with Crippen LogP contribution in [-0.2, 0) is 16.1 Å². The fourth-order valence-corrected chi connectivity index (χ4v) is 4.29. The van der Waals surface area contributed by atoms with Crippen LogP contribution in [0.4, 0.5) is 4.39 Å². The number of hydrogen-bond acceptors (Lipinski definition) is 6. The van der Waals surface area contributed by atoms with Crippen molar-refractivity contribution in [3.63, 3.8) is 0 Å². The van der Waals surface area contributed by atoms with Gasteiger partial charge >= 0.3 is 5.97 Å². The third-order valence-corrected chi connectivity index (χ3v) is 6.49. The van der Waals surface area contributed by atoms with Crippen molar-refractivity contribution >= 4 is 27.8 Å². The van der Waals surface area contributed by atoms with Crippen molar-refractivity contribution in [1.82, 2.24) is 9.80 Å². The van der Waals surface area contributed by atoms with Crippen LogP contribution >= 0.6 is 15.9 Å². The lowest BCUT2D eigenvalue weighted by molar-refractivity contribution is -0.140. The largest absolute Gasteiger partial charge is 0.490 e. The molecule has 8 nitrogen and oxygen atoms in total. The first-order valence-electron chi connectivity index (χ1n) is 11.5. The summed E-state index contributed by atoms with van der Waals surface area (Å²) in [6.07, 6.45) is 0.137. The van der Waals surface area contributed by atoms with E-state index in [-0.39, 0.29) is 43.4 Å². The fraction of sp³-hybridized carbons (Fsp3) is 0.440. The number of carboxylic acid groups (broad SMARTS) is 1. The molecule has 0 saturated carbocycles. The third-order valence-electron chi connectivity index (χ3n) is 5.99. The Bertz CT molecular complexity index is 1020. The third kappa shape index (κ3) is 7.65. The summed E-state index contributed by atoms with van der Waals surface area (Å²) in [6.45, 7) is 5.96. The van der Waals surface area contributed by atoms with Crippen molar-refractivity contribution in [2.45, 2.75) is 44.9 Å². The summed E-state index contributed by atoms with van der Waals surface area (Å²) in [5.41, 5.74) is 6.55. The minimum Gasteiger partial charge on any atom is -0.490 e. The number of nitrogens with zero attached hydrogens (tertiary/aromatic N) is 2. The monoisotopic (exact) mass is 551 g/mol. The van der Waals surface area contributed by atoms with Gasteiger partial charge in [0.25, 0.3) is 5.91 Å². The normalized spacial score (nSPS) is 19.3. The van der Waals surface area contributed by atoms with Gasteiger partial charge in [-0.05, 0) is 49.7 Å². The number of ether oxygens (including phenoxy) is 2. The van der Waals surface area contributed by atoms with Crippen LogP contribution in [0.1, 0.15) is 25.8 Å². The molecule has 1 heterocycles. The summed E-state index contributed by atoms with van der Waals surface area (Å²) in [5, 5.41) is 8.92. The van der Waals surface area contributed by atoms with Crippen molar-refractivity contribution in [2.75, 3.05) is 26.3 Å². The number of carbonyl (C=O) groups is 2. The van der Waals surface area contributed by atoms with Crippen molar-refractivity contribution in [3.05, 3.63) is 58.3 Å². The molecule has 3 rings (SSSR count). The molecule has 0 spiro atoms. The van der Waals surface area contributed by atoms with Gasteiger partial charge in [0, 0.05) is 42.6 Å². The fourth-order valence-electron chi connectivity index (χ4n) is 3.95. The molecule has 190 valence electrons. The molecule has 0 aromatic heterocycles. The first-order chi connectivity index (χ1) is 16.6. The van der Waals surface area contributed by atoms with Crippen molar-refractivity contribution in [3.8, 4) is 11.5 Å². The summed E-state index contributed by atoms with van der Waals surface area (Å²) in [7, 11) is 0. The number of carboxylic acids is 1. The molecule has 3 N–H and O–H groups in total. The van der Waals surface area contributed by atoms with E-state index in [9.17, 15) is 14.0 Å². The lowest BCUT2D eigenvalue weighted by Crippen LogP contribution is -2.58. The molecular weight excluding hydrogens is 521 g/mol. The Kier molecular flexibility index (Phi) is 9.47. The molecule has 2 aromatic carbocycles. The highest BCUT2D eigenvalue weighted by molar-refractivity contribution is 9.10. The average molecular weight is 552 g/mol. The molecule has 1 aliphatic rings. The Morgan fingerprint density at radius 3 is 2.51 bits per heavy atom. The Hall–Kier alpha value is -2.69. The molecule has 35 heavy (non-hydrogen) atoms. The Morgan fingerprint density at radius 2 is 1.83 bits per heavy atom. The zero-order valence-corrected chi connectivity index (χ0v) is 21.4. The maximum Gasteiger partial charge on any atom is 0.320 e. The number of rotatable bonds is 10. The molecule has 0 aliphatic carbocycles. The zero-order valence-electron chi connectivity index (χ0n) is 19.8. The number of carbonyl (C=O) groups excluding carboxylic acids is 1. The molecule has 1 saturated heterocycles. The van der Waals surface area contributed by atoms with Gasteiger partial charge in [-0.2, -0.15) is 0 Å². The SMILES string of the molecule is CC1CN(C(=O)COc2ccc(Br)cc2OCCC(N)C(=O)O)C(C)CN1Cc1ccc(F)cc1. The van der Waals surface area contributed by atoms with Gasteiger partial charge < -0.3 is 25.2 Å². The molecule has 1 amide bonds. The van der Waals surface area contributed by atoms with Crippen molar-refractivity contribution in [2.24, 2.45) is 5.73 Å². The van der Waals surface area contributed by atoms with Crippen LogP contribution in [0.2, 0.25) is 0 Å². The minimum absolute atomic E-state index is 0.0131. The van der Waals surface area contributed by atoms with Gasteiger partial charge in [0.2, 0.25) is 0 Å². The maximum atomic E-state index is 13.2. The Morgan fingerprint density at radius 1 is 1.11 bits per heavy atom. The number of piperazine rings is 1. The van der Waals surface area contributed by atoms with E-state index in [1.807, 2.05) is 11.8 Å². The predicted octanol–water partition coefficient (Wildman–Crippen LogP) is 3.27. The van der Waals surface area contributed by atoms with Crippen LogP contribution in [0, 0.1) is 5.82 Å². The lowest BCUT2D eigenvalue weighted by atomic mass is 10.1. The molecule has 10 heteroatoms. The van der Waals surface area contributed by atoms with Gasteiger partial charge in [-0.25, -0.2) is 4.39 Å². The highest BCUT2D eigenvalue weighted by Crippen LogP contribution is 2.31. The Labute approximate surface area is 212 Å². The van der Waals surface area contributed by atoms with Gasteiger partial charge in [-0.3, -0.25) is 14.5 Å². The number of amides is 1. The highest BCUT2D eigenvalue weighted by Gasteiger charge is 2.32. The van der Waals surface area contributed by atoms with E-state index in [1.165, 1.54) is 12.1 Å². The molecule has 3 unspecified atom stereocenters. The zero-order chi connectivity index (χ0) is 25.5. The summed E-state index contributed by atoms with van der Waals surface area (Å²) in [6, 6.07) is 10.7. The van der Waals surface area contributed by atoms with Crippen LogP contribution < -0.4 is 15.2 Å². The molecule has 3 atom stereocenters. The van der Waals surface area contributed by atoms with Gasteiger partial charge in [0.05, 0.1) is 6.61 Å². The van der Waals surface area contributed by atoms with Gasteiger partial charge in [-0.1, -0.05) is 28.1 Å². The molecule has 0 radical (unpaired) electrons. The summed E-state index contributed by atoms with van der Waals surface area (Å²) in [4.78, 5) is 28.0. The molecule has 1 aliphatic heterocycles. The van der Waals surface area contributed by atoms with Crippen molar-refractivity contribution < 1.29 is 28.6 Å². The highest BCUT2D eigenvalue weighted by atomic mass is 79.9. The number of halogens is 2. The smallest absolute Gasteiger partial charge is 0.320 e. The van der Waals surface area contributed by atoms with E-state index in [2.05, 4.69) is 27.8 Å². The van der Waals surface area contributed by atoms with E-state index in [4.69, 9.17) is 20.3 Å².